The molecule has 0 saturated carbocycles. The van der Waals surface area contributed by atoms with Gasteiger partial charge in [-0.05, 0) is 47.6 Å². The average molecular weight is 505 g/mol. The third-order valence-corrected chi connectivity index (χ3v) is 7.06. The van der Waals surface area contributed by atoms with E-state index in [1.165, 1.54) is 5.56 Å². The van der Waals surface area contributed by atoms with E-state index in [9.17, 15) is 5.26 Å². The molecule has 1 fully saturated rings. The van der Waals surface area contributed by atoms with Crippen LogP contribution in [0.25, 0.3) is 21.8 Å². The minimum absolute atomic E-state index is 0.194. The van der Waals surface area contributed by atoms with Gasteiger partial charge < -0.3 is 14.6 Å². The number of halogens is 1. The van der Waals surface area contributed by atoms with Crippen molar-refractivity contribution in [1.82, 2.24) is 15.2 Å². The van der Waals surface area contributed by atoms with Crippen molar-refractivity contribution in [3.8, 4) is 27.9 Å². The monoisotopic (exact) mass is 505 g/mol. The zero-order chi connectivity index (χ0) is 19.7. The van der Waals surface area contributed by atoms with Crippen LogP contribution in [0.3, 0.4) is 0 Å². The van der Waals surface area contributed by atoms with Gasteiger partial charge >= 0.3 is 0 Å². The third-order valence-electron chi connectivity index (χ3n) is 4.91. The van der Waals surface area contributed by atoms with Gasteiger partial charge in [0.05, 0.1) is 23.2 Å². The second kappa shape index (κ2) is 8.19. The number of anilines is 1. The van der Waals surface area contributed by atoms with Crippen molar-refractivity contribution in [3.05, 3.63) is 39.2 Å². The normalized spacial score (nSPS) is 16.9. The van der Waals surface area contributed by atoms with Gasteiger partial charge in [0.1, 0.15) is 17.4 Å². The van der Waals surface area contributed by atoms with Crippen molar-refractivity contribution in [3.63, 3.8) is 0 Å². The van der Waals surface area contributed by atoms with Gasteiger partial charge in [0.15, 0.2) is 5.82 Å². The number of aryl methyl sites for hydroxylation is 1. The Balaban J connectivity index is 1.91. The Labute approximate surface area is 181 Å². The van der Waals surface area contributed by atoms with Crippen molar-refractivity contribution < 1.29 is 4.74 Å². The van der Waals surface area contributed by atoms with Crippen LogP contribution in [0.1, 0.15) is 24.5 Å². The average Bonchev–Trinajstić information content (AvgIpc) is 3.35. The van der Waals surface area contributed by atoms with Crippen LogP contribution < -0.4 is 4.90 Å². The molecule has 2 aromatic heterocycles. The molecule has 0 bridgehead atoms. The molecule has 3 heterocycles. The highest BCUT2D eigenvalue weighted by Crippen LogP contribution is 2.47. The molecule has 1 N–H and O–H groups in total. The summed E-state index contributed by atoms with van der Waals surface area (Å²) in [5.41, 5.74) is 3.89. The Morgan fingerprint density at radius 1 is 1.46 bits per heavy atom. The summed E-state index contributed by atoms with van der Waals surface area (Å²) in [6, 6.07) is 8.80. The third kappa shape index (κ3) is 3.54. The topological polar surface area (TPSA) is 77.8 Å². The predicted molar refractivity (Wildman–Crippen MR) is 120 cm³/mol. The van der Waals surface area contributed by atoms with Crippen molar-refractivity contribution >= 4 is 38.9 Å². The van der Waals surface area contributed by atoms with Crippen LogP contribution in [-0.4, -0.2) is 41.0 Å². The van der Waals surface area contributed by atoms with E-state index in [-0.39, 0.29) is 6.10 Å². The lowest BCUT2D eigenvalue weighted by Crippen LogP contribution is -2.42. The largest absolute Gasteiger partial charge is 0.375 e. The molecule has 3 aromatic rings. The standard InChI is InChI=1S/C20H20IN5OS/c1-3-13-10-26(6-7-27-13)20-15(9-22)17(14-5-4-12(2)8-16(14)21)18(28-20)19-23-11-24-25-19/h4-5,8,11,13H,3,6-7,10H2,1-2H3,(H,23,24,25). The van der Waals surface area contributed by atoms with E-state index in [4.69, 9.17) is 4.74 Å². The molecule has 4 rings (SSSR count). The number of rotatable bonds is 4. The van der Waals surface area contributed by atoms with E-state index >= 15 is 0 Å². The van der Waals surface area contributed by atoms with Gasteiger partial charge in [-0.3, -0.25) is 0 Å². The molecule has 1 aliphatic rings. The highest BCUT2D eigenvalue weighted by atomic mass is 127. The highest BCUT2D eigenvalue weighted by Gasteiger charge is 2.29. The molecule has 144 valence electrons. The molecule has 0 aliphatic carbocycles. The zero-order valence-corrected chi connectivity index (χ0v) is 18.7. The molecule has 1 aromatic carbocycles. The Morgan fingerprint density at radius 2 is 2.32 bits per heavy atom. The molecule has 1 atom stereocenters. The van der Waals surface area contributed by atoms with Crippen LogP contribution in [0.15, 0.2) is 24.5 Å². The number of hydrogen-bond donors (Lipinski definition) is 1. The number of nitrogens with one attached hydrogen (secondary N) is 1. The lowest BCUT2D eigenvalue weighted by atomic mass is 10.00. The van der Waals surface area contributed by atoms with Crippen molar-refractivity contribution in [2.45, 2.75) is 26.4 Å². The Hall–Kier alpha value is -1.96. The number of morpholine rings is 1. The zero-order valence-electron chi connectivity index (χ0n) is 15.7. The summed E-state index contributed by atoms with van der Waals surface area (Å²) in [6.07, 6.45) is 2.73. The molecule has 28 heavy (non-hydrogen) atoms. The van der Waals surface area contributed by atoms with Gasteiger partial charge in [0.2, 0.25) is 0 Å². The molecule has 0 radical (unpaired) electrons. The molecule has 8 heteroatoms. The lowest BCUT2D eigenvalue weighted by molar-refractivity contribution is 0.0386. The quantitative estimate of drug-likeness (QED) is 0.525. The smallest absolute Gasteiger partial charge is 0.171 e. The van der Waals surface area contributed by atoms with Crippen LogP contribution >= 0.6 is 33.9 Å². The maximum absolute atomic E-state index is 10.1. The maximum Gasteiger partial charge on any atom is 0.171 e. The summed E-state index contributed by atoms with van der Waals surface area (Å²) in [5, 5.41) is 19.3. The maximum atomic E-state index is 10.1. The van der Waals surface area contributed by atoms with Gasteiger partial charge in [-0.15, -0.1) is 21.5 Å². The van der Waals surface area contributed by atoms with Crippen molar-refractivity contribution in [2.24, 2.45) is 0 Å². The fraction of sp³-hybridized carbons (Fsp3) is 0.350. The number of aromatic nitrogens is 3. The number of nitrogens with zero attached hydrogens (tertiary/aromatic N) is 4. The molecule has 0 amide bonds. The molecule has 1 saturated heterocycles. The molecule has 0 spiro atoms. The fourth-order valence-corrected chi connectivity index (χ4v) is 5.65. The van der Waals surface area contributed by atoms with Gasteiger partial charge in [0.25, 0.3) is 0 Å². The first-order chi connectivity index (χ1) is 13.6. The Morgan fingerprint density at radius 3 is 3.00 bits per heavy atom. The first-order valence-corrected chi connectivity index (χ1v) is 11.1. The Kier molecular flexibility index (Phi) is 5.66. The minimum Gasteiger partial charge on any atom is -0.375 e. The van der Waals surface area contributed by atoms with Crippen molar-refractivity contribution in [2.75, 3.05) is 24.6 Å². The van der Waals surface area contributed by atoms with E-state index < -0.39 is 0 Å². The first kappa shape index (κ1) is 19.4. The molecule has 6 nitrogen and oxygen atoms in total. The number of hydrogen-bond acceptors (Lipinski definition) is 6. The number of ether oxygens (including phenoxy) is 1. The first-order valence-electron chi connectivity index (χ1n) is 9.18. The second-order valence-corrected chi connectivity index (χ2v) is 8.93. The van der Waals surface area contributed by atoms with E-state index in [0.717, 1.165) is 44.1 Å². The van der Waals surface area contributed by atoms with E-state index in [1.807, 2.05) is 0 Å². The number of nitriles is 1. The summed E-state index contributed by atoms with van der Waals surface area (Å²) in [4.78, 5) is 6.35. The van der Waals surface area contributed by atoms with Crippen LogP contribution in [0, 0.1) is 21.8 Å². The summed E-state index contributed by atoms with van der Waals surface area (Å²) >= 11 is 3.95. The summed E-state index contributed by atoms with van der Waals surface area (Å²) < 4.78 is 6.95. The number of H-pyrrole nitrogens is 1. The minimum atomic E-state index is 0.194. The van der Waals surface area contributed by atoms with Crippen LogP contribution in [0.5, 0.6) is 0 Å². The molecular weight excluding hydrogens is 485 g/mol. The summed E-state index contributed by atoms with van der Waals surface area (Å²) in [5.74, 6) is 0.694. The van der Waals surface area contributed by atoms with Gasteiger partial charge in [0, 0.05) is 22.2 Å². The number of aromatic amines is 1. The Bertz CT molecular complexity index is 1020. The van der Waals surface area contributed by atoms with E-state index in [0.29, 0.717) is 18.0 Å². The van der Waals surface area contributed by atoms with Gasteiger partial charge in [-0.25, -0.2) is 0 Å². The SMILES string of the molecule is CCC1CN(c2sc(-c3nnc[nH]3)c(-c3ccc(C)cc3I)c2C#N)CCO1. The summed E-state index contributed by atoms with van der Waals surface area (Å²) in [7, 11) is 0. The van der Waals surface area contributed by atoms with Gasteiger partial charge in [-0.1, -0.05) is 24.6 Å². The number of benzene rings is 1. The highest BCUT2D eigenvalue weighted by molar-refractivity contribution is 14.1. The fourth-order valence-electron chi connectivity index (χ4n) is 3.46. The molecule has 1 aliphatic heterocycles. The van der Waals surface area contributed by atoms with Crippen LogP contribution in [0.2, 0.25) is 0 Å². The summed E-state index contributed by atoms with van der Waals surface area (Å²) in [6.45, 7) is 6.47. The number of thiophene rings is 1. The molecular formula is C20H20IN5OS. The second-order valence-electron chi connectivity index (χ2n) is 6.77. The van der Waals surface area contributed by atoms with E-state index in [2.05, 4.69) is 80.8 Å². The molecule has 1 unspecified atom stereocenters. The van der Waals surface area contributed by atoms with Crippen molar-refractivity contribution in [1.29, 1.82) is 5.26 Å². The van der Waals surface area contributed by atoms with Gasteiger partial charge in [-0.2, -0.15) is 5.26 Å². The lowest BCUT2D eigenvalue weighted by Gasteiger charge is -2.33. The van der Waals surface area contributed by atoms with Crippen LogP contribution in [0.4, 0.5) is 5.00 Å². The van der Waals surface area contributed by atoms with Crippen LogP contribution in [-0.2, 0) is 4.74 Å². The predicted octanol–water partition coefficient (Wildman–Crippen LogP) is 4.60. The van der Waals surface area contributed by atoms with E-state index in [1.54, 1.807) is 17.7 Å².